The van der Waals surface area contributed by atoms with Crippen molar-refractivity contribution in [2.24, 2.45) is 0 Å². The van der Waals surface area contributed by atoms with Crippen LogP contribution in [0.3, 0.4) is 0 Å². The van der Waals surface area contributed by atoms with Crippen LogP contribution >= 0.6 is 24.0 Å². The quantitative estimate of drug-likeness (QED) is 0.832. The molecule has 0 aliphatic heterocycles. The molecule has 0 atom stereocenters. The number of halogens is 2. The largest absolute Gasteiger partial charge is 0.383 e. The molecule has 1 aromatic carbocycles. The van der Waals surface area contributed by atoms with Gasteiger partial charge in [0.2, 0.25) is 0 Å². The molecular formula is C11H12Cl2N2. The Hall–Kier alpha value is -0.990. The van der Waals surface area contributed by atoms with E-state index in [1.165, 1.54) is 0 Å². The molecule has 1 aromatic heterocycles. The van der Waals surface area contributed by atoms with Gasteiger partial charge >= 0.3 is 0 Å². The van der Waals surface area contributed by atoms with Crippen molar-refractivity contribution in [3.63, 3.8) is 0 Å². The van der Waals surface area contributed by atoms with E-state index in [0.717, 1.165) is 22.9 Å². The molecule has 4 heteroatoms. The molecular weight excluding hydrogens is 231 g/mol. The van der Waals surface area contributed by atoms with Crippen LogP contribution < -0.4 is 5.73 Å². The number of hydrogen-bond acceptors (Lipinski definition) is 2. The number of aromatic nitrogens is 1. The zero-order valence-electron chi connectivity index (χ0n) is 8.33. The third-order valence-electron chi connectivity index (χ3n) is 2.27. The van der Waals surface area contributed by atoms with Crippen LogP contribution in [0.4, 0.5) is 5.82 Å². The Balaban J connectivity index is 0.00000112. The average Bonchev–Trinajstić information content (AvgIpc) is 2.16. The van der Waals surface area contributed by atoms with Crippen LogP contribution in [-0.4, -0.2) is 4.98 Å². The highest BCUT2D eigenvalue weighted by molar-refractivity contribution is 6.31. The molecule has 2 nitrogen and oxygen atoms in total. The predicted octanol–water partition coefficient (Wildman–Crippen LogP) is 3.45. The summed E-state index contributed by atoms with van der Waals surface area (Å²) in [6.07, 6.45) is 0.900. The van der Waals surface area contributed by atoms with Crippen molar-refractivity contribution >= 4 is 40.7 Å². The van der Waals surface area contributed by atoms with Crippen molar-refractivity contribution in [3.8, 4) is 0 Å². The van der Waals surface area contributed by atoms with Crippen LogP contribution in [0.2, 0.25) is 5.02 Å². The SMILES string of the molecule is CCc1cc2ccc(Cl)cc2nc1N.Cl. The normalized spacial score (nSPS) is 10.0. The van der Waals surface area contributed by atoms with Crippen molar-refractivity contribution in [2.45, 2.75) is 13.3 Å². The van der Waals surface area contributed by atoms with E-state index < -0.39 is 0 Å². The molecule has 15 heavy (non-hydrogen) atoms. The third kappa shape index (κ3) is 2.33. The lowest BCUT2D eigenvalue weighted by molar-refractivity contribution is 1.13. The predicted molar refractivity (Wildman–Crippen MR) is 67.8 cm³/mol. The maximum absolute atomic E-state index is 5.86. The van der Waals surface area contributed by atoms with Crippen molar-refractivity contribution in [1.82, 2.24) is 4.98 Å². The summed E-state index contributed by atoms with van der Waals surface area (Å²) >= 11 is 5.86. The first kappa shape index (κ1) is 12.1. The van der Waals surface area contributed by atoms with Gasteiger partial charge in [-0.3, -0.25) is 0 Å². The number of fused-ring (bicyclic) bond motifs is 1. The fraction of sp³-hybridized carbons (Fsp3) is 0.182. The molecule has 80 valence electrons. The van der Waals surface area contributed by atoms with E-state index in [4.69, 9.17) is 17.3 Å². The number of rotatable bonds is 1. The molecule has 0 saturated carbocycles. The zero-order valence-corrected chi connectivity index (χ0v) is 9.90. The summed E-state index contributed by atoms with van der Waals surface area (Å²) in [5, 5.41) is 1.77. The van der Waals surface area contributed by atoms with E-state index in [-0.39, 0.29) is 12.4 Å². The van der Waals surface area contributed by atoms with Gasteiger partial charge in [0.25, 0.3) is 0 Å². The Morgan fingerprint density at radius 3 is 2.73 bits per heavy atom. The number of aryl methyl sites for hydroxylation is 1. The Morgan fingerprint density at radius 2 is 2.07 bits per heavy atom. The van der Waals surface area contributed by atoms with Crippen LogP contribution in [0.25, 0.3) is 10.9 Å². The Kier molecular flexibility index (Phi) is 3.77. The fourth-order valence-electron chi connectivity index (χ4n) is 1.48. The van der Waals surface area contributed by atoms with Crippen LogP contribution in [-0.2, 0) is 6.42 Å². The number of nitrogens with two attached hydrogens (primary N) is 1. The average molecular weight is 243 g/mol. The van der Waals surface area contributed by atoms with Gasteiger partial charge < -0.3 is 5.73 Å². The minimum absolute atomic E-state index is 0. The number of anilines is 1. The van der Waals surface area contributed by atoms with E-state index in [0.29, 0.717) is 10.8 Å². The Labute approximate surface area is 99.9 Å². The second-order valence-electron chi connectivity index (χ2n) is 3.22. The van der Waals surface area contributed by atoms with Gasteiger partial charge in [-0.05, 0) is 30.2 Å². The highest BCUT2D eigenvalue weighted by Gasteiger charge is 2.02. The standard InChI is InChI=1S/C11H11ClN2.ClH/c1-2-7-5-8-3-4-9(12)6-10(8)14-11(7)13;/h3-6H,2H2,1H3,(H2,13,14);1H. The number of benzene rings is 1. The van der Waals surface area contributed by atoms with Crippen molar-refractivity contribution in [2.75, 3.05) is 5.73 Å². The Morgan fingerprint density at radius 1 is 1.33 bits per heavy atom. The van der Waals surface area contributed by atoms with Crippen LogP contribution in [0.1, 0.15) is 12.5 Å². The minimum Gasteiger partial charge on any atom is -0.383 e. The number of hydrogen-bond donors (Lipinski definition) is 1. The molecule has 0 saturated heterocycles. The van der Waals surface area contributed by atoms with Gasteiger partial charge in [-0.15, -0.1) is 12.4 Å². The van der Waals surface area contributed by atoms with Gasteiger partial charge in [0, 0.05) is 10.4 Å². The van der Waals surface area contributed by atoms with Crippen LogP contribution in [0, 0.1) is 0 Å². The zero-order chi connectivity index (χ0) is 10.1. The van der Waals surface area contributed by atoms with Gasteiger partial charge in [0.1, 0.15) is 5.82 Å². The molecule has 2 rings (SSSR count). The summed E-state index contributed by atoms with van der Waals surface area (Å²) in [5.41, 5.74) is 7.73. The van der Waals surface area contributed by atoms with Gasteiger partial charge in [0.15, 0.2) is 0 Å². The summed E-state index contributed by atoms with van der Waals surface area (Å²) in [6.45, 7) is 2.06. The first-order valence-electron chi connectivity index (χ1n) is 4.55. The van der Waals surface area contributed by atoms with E-state index in [2.05, 4.69) is 18.0 Å². The van der Waals surface area contributed by atoms with E-state index in [1.54, 1.807) is 0 Å². The Bertz CT molecular complexity index is 483. The first-order valence-corrected chi connectivity index (χ1v) is 4.93. The monoisotopic (exact) mass is 242 g/mol. The summed E-state index contributed by atoms with van der Waals surface area (Å²) in [7, 11) is 0. The third-order valence-corrected chi connectivity index (χ3v) is 2.51. The van der Waals surface area contributed by atoms with E-state index >= 15 is 0 Å². The second-order valence-corrected chi connectivity index (χ2v) is 3.66. The first-order chi connectivity index (χ1) is 6.70. The number of pyridine rings is 1. The molecule has 0 spiro atoms. The van der Waals surface area contributed by atoms with Gasteiger partial charge in [-0.1, -0.05) is 24.6 Å². The molecule has 2 aromatic rings. The molecule has 2 N–H and O–H groups in total. The number of nitrogens with zero attached hydrogens (tertiary/aromatic N) is 1. The number of nitrogen functional groups attached to an aromatic ring is 1. The van der Waals surface area contributed by atoms with Crippen LogP contribution in [0.15, 0.2) is 24.3 Å². The highest BCUT2D eigenvalue weighted by Crippen LogP contribution is 2.21. The molecule has 0 aliphatic carbocycles. The lowest BCUT2D eigenvalue weighted by Gasteiger charge is -2.04. The molecule has 0 radical (unpaired) electrons. The van der Waals surface area contributed by atoms with E-state index in [1.807, 2.05) is 18.2 Å². The van der Waals surface area contributed by atoms with Gasteiger partial charge in [-0.2, -0.15) is 0 Å². The molecule has 0 bridgehead atoms. The van der Waals surface area contributed by atoms with Gasteiger partial charge in [0.05, 0.1) is 5.52 Å². The van der Waals surface area contributed by atoms with Crippen molar-refractivity contribution in [3.05, 3.63) is 34.9 Å². The maximum Gasteiger partial charge on any atom is 0.127 e. The van der Waals surface area contributed by atoms with Crippen molar-refractivity contribution in [1.29, 1.82) is 0 Å². The molecule has 0 aliphatic rings. The summed E-state index contributed by atoms with van der Waals surface area (Å²) in [6, 6.07) is 7.71. The summed E-state index contributed by atoms with van der Waals surface area (Å²) in [4.78, 5) is 4.30. The smallest absolute Gasteiger partial charge is 0.127 e. The molecule has 0 unspecified atom stereocenters. The summed E-state index contributed by atoms with van der Waals surface area (Å²) in [5.74, 6) is 0.599. The summed E-state index contributed by atoms with van der Waals surface area (Å²) < 4.78 is 0. The lowest BCUT2D eigenvalue weighted by Crippen LogP contribution is -1.96. The molecule has 1 heterocycles. The lowest BCUT2D eigenvalue weighted by atomic mass is 10.1. The fourth-order valence-corrected chi connectivity index (χ4v) is 1.65. The topological polar surface area (TPSA) is 38.9 Å². The maximum atomic E-state index is 5.86. The van der Waals surface area contributed by atoms with E-state index in [9.17, 15) is 0 Å². The second kappa shape index (κ2) is 4.69. The highest BCUT2D eigenvalue weighted by atomic mass is 35.5. The van der Waals surface area contributed by atoms with Gasteiger partial charge in [-0.25, -0.2) is 4.98 Å². The minimum atomic E-state index is 0. The van der Waals surface area contributed by atoms with Crippen molar-refractivity contribution < 1.29 is 0 Å². The molecule has 0 amide bonds. The van der Waals surface area contributed by atoms with Crippen LogP contribution in [0.5, 0.6) is 0 Å². The molecule has 0 fully saturated rings.